The van der Waals surface area contributed by atoms with Crippen molar-refractivity contribution < 1.29 is 19.1 Å². The molecule has 1 aliphatic heterocycles. The van der Waals surface area contributed by atoms with E-state index in [2.05, 4.69) is 22.2 Å². The summed E-state index contributed by atoms with van der Waals surface area (Å²) in [5, 5.41) is 3.36. The summed E-state index contributed by atoms with van der Waals surface area (Å²) in [6, 6.07) is 6.22. The maximum atomic E-state index is 10.5. The Hall–Kier alpha value is -2.04. The van der Waals surface area contributed by atoms with Gasteiger partial charge in [0.25, 0.3) is 0 Å². The number of ether oxygens (including phenoxy) is 2. The van der Waals surface area contributed by atoms with Crippen LogP contribution in [0.5, 0.6) is 5.75 Å². The van der Waals surface area contributed by atoms with Crippen LogP contribution in [0.15, 0.2) is 18.2 Å². The van der Waals surface area contributed by atoms with E-state index in [1.54, 1.807) is 7.11 Å². The van der Waals surface area contributed by atoms with Crippen LogP contribution in [0.1, 0.15) is 25.8 Å². The lowest BCUT2D eigenvalue weighted by molar-refractivity contribution is -0.148. The molecule has 5 heteroatoms. The molecule has 0 radical (unpaired) electrons. The van der Waals surface area contributed by atoms with Gasteiger partial charge in [-0.2, -0.15) is 0 Å². The van der Waals surface area contributed by atoms with E-state index in [9.17, 15) is 9.59 Å². The molecule has 1 heterocycles. The zero-order valence-electron chi connectivity index (χ0n) is 13.1. The summed E-state index contributed by atoms with van der Waals surface area (Å²) in [4.78, 5) is 21.0. The second kappa shape index (κ2) is 8.29. The molecule has 0 aromatic heterocycles. The number of anilines is 1. The van der Waals surface area contributed by atoms with E-state index in [0.717, 1.165) is 12.3 Å². The van der Waals surface area contributed by atoms with Crippen molar-refractivity contribution in [3.63, 3.8) is 0 Å². The average Bonchev–Trinajstić information content (AvgIpc) is 2.53. The number of ketones is 1. The molecule has 21 heavy (non-hydrogen) atoms. The lowest BCUT2D eigenvalue weighted by Gasteiger charge is -2.18. The first-order chi connectivity index (χ1) is 9.99. The summed E-state index contributed by atoms with van der Waals surface area (Å²) in [6.07, 6.45) is 2.42. The van der Waals surface area contributed by atoms with Gasteiger partial charge in [-0.1, -0.05) is 6.07 Å². The van der Waals surface area contributed by atoms with Gasteiger partial charge in [0.05, 0.1) is 14.2 Å². The maximum absolute atomic E-state index is 10.5. The highest BCUT2D eigenvalue weighted by atomic mass is 16.5. The predicted molar refractivity (Wildman–Crippen MR) is 81.7 cm³/mol. The van der Waals surface area contributed by atoms with Crippen molar-refractivity contribution in [1.82, 2.24) is 0 Å². The fourth-order valence-corrected chi connectivity index (χ4v) is 1.91. The molecule has 5 nitrogen and oxygen atoms in total. The van der Waals surface area contributed by atoms with Crippen molar-refractivity contribution in [1.29, 1.82) is 0 Å². The number of hydrogen-bond acceptors (Lipinski definition) is 5. The van der Waals surface area contributed by atoms with Crippen LogP contribution >= 0.6 is 0 Å². The number of esters is 1. The van der Waals surface area contributed by atoms with E-state index in [0.29, 0.717) is 0 Å². The summed E-state index contributed by atoms with van der Waals surface area (Å²) in [7, 11) is 2.96. The van der Waals surface area contributed by atoms with E-state index in [1.807, 2.05) is 6.07 Å². The number of aryl methyl sites for hydroxylation is 1. The molecule has 1 aliphatic rings. The van der Waals surface area contributed by atoms with Crippen molar-refractivity contribution >= 4 is 17.4 Å². The Kier molecular flexibility index (Phi) is 6.72. The molecule has 0 aliphatic carbocycles. The predicted octanol–water partition coefficient (Wildman–Crippen LogP) is 2.44. The number of hydrogen-bond donors (Lipinski definition) is 1. The second-order valence-corrected chi connectivity index (χ2v) is 4.91. The Labute approximate surface area is 125 Å². The molecular weight excluding hydrogens is 270 g/mol. The number of fused-ring (bicyclic) bond motifs is 1. The van der Waals surface area contributed by atoms with Gasteiger partial charge in [0.2, 0.25) is 0 Å². The van der Waals surface area contributed by atoms with Crippen LogP contribution in [-0.2, 0) is 20.7 Å². The summed E-state index contributed by atoms with van der Waals surface area (Å²) < 4.78 is 9.45. The van der Waals surface area contributed by atoms with Crippen LogP contribution in [-0.4, -0.2) is 32.5 Å². The van der Waals surface area contributed by atoms with E-state index in [4.69, 9.17) is 4.74 Å². The molecule has 0 bridgehead atoms. The number of rotatable bonds is 3. The maximum Gasteiger partial charge on any atom is 0.315 e. The lowest BCUT2D eigenvalue weighted by Crippen LogP contribution is -2.19. The number of methoxy groups -OCH3 is 2. The zero-order valence-corrected chi connectivity index (χ0v) is 13.1. The Morgan fingerprint density at radius 1 is 1.29 bits per heavy atom. The highest BCUT2D eigenvalue weighted by Crippen LogP contribution is 2.26. The van der Waals surface area contributed by atoms with E-state index in [1.165, 1.54) is 45.0 Å². The number of benzene rings is 1. The highest BCUT2D eigenvalue weighted by Gasteiger charge is 2.16. The molecule has 2 rings (SSSR count). The van der Waals surface area contributed by atoms with Gasteiger partial charge < -0.3 is 14.8 Å². The third-order valence-corrected chi connectivity index (χ3v) is 3.42. The van der Waals surface area contributed by atoms with Crippen LogP contribution in [0, 0.1) is 5.92 Å². The van der Waals surface area contributed by atoms with E-state index < -0.39 is 11.9 Å². The van der Waals surface area contributed by atoms with Crippen molar-refractivity contribution in [3.8, 4) is 5.75 Å². The fourth-order valence-electron chi connectivity index (χ4n) is 1.91. The number of nitrogens with one attached hydrogen (secondary N) is 1. The summed E-state index contributed by atoms with van der Waals surface area (Å²) in [5.41, 5.74) is 2.64. The van der Waals surface area contributed by atoms with Gasteiger partial charge in [0, 0.05) is 18.3 Å². The molecular formula is C16H23NO4. The summed E-state index contributed by atoms with van der Waals surface area (Å²) in [6.45, 7) is 3.97. The molecule has 0 amide bonds. The van der Waals surface area contributed by atoms with Crippen LogP contribution in [0.2, 0.25) is 0 Å². The minimum absolute atomic E-state index is 0.165. The topological polar surface area (TPSA) is 64.6 Å². The molecule has 116 valence electrons. The third kappa shape index (κ3) is 5.10. The number of carbonyl (C=O) groups excluding carboxylic acids is 2. The van der Waals surface area contributed by atoms with E-state index >= 15 is 0 Å². The first kappa shape index (κ1) is 17.0. The largest absolute Gasteiger partial charge is 0.497 e. The van der Waals surface area contributed by atoms with Gasteiger partial charge in [-0.15, -0.1) is 0 Å². The number of carbonyl (C=O) groups is 2. The van der Waals surface area contributed by atoms with Gasteiger partial charge in [0.1, 0.15) is 17.5 Å². The zero-order chi connectivity index (χ0) is 15.8. The van der Waals surface area contributed by atoms with Crippen molar-refractivity contribution in [3.05, 3.63) is 23.8 Å². The highest BCUT2D eigenvalue weighted by molar-refractivity contribution is 5.97. The Morgan fingerprint density at radius 3 is 2.52 bits per heavy atom. The van der Waals surface area contributed by atoms with E-state index in [-0.39, 0.29) is 5.78 Å². The first-order valence-corrected chi connectivity index (χ1v) is 6.98. The van der Waals surface area contributed by atoms with Crippen molar-refractivity contribution in [2.45, 2.75) is 26.7 Å². The Balaban J connectivity index is 0.000000222. The van der Waals surface area contributed by atoms with Gasteiger partial charge in [-0.25, -0.2) is 0 Å². The third-order valence-electron chi connectivity index (χ3n) is 3.42. The molecule has 0 saturated heterocycles. The Bertz CT molecular complexity index is 499. The quantitative estimate of drug-likeness (QED) is 0.685. The smallest absolute Gasteiger partial charge is 0.315 e. The monoisotopic (exact) mass is 293 g/mol. The standard InChI is InChI=1S/C10H13NO.C6H10O3/c1-12-9-5-4-8-3-2-6-11-10(8)7-9;1-4(5(2)7)6(8)9-3/h4-5,7,11H,2-3,6H2,1H3;4H,1-3H3. The average molecular weight is 293 g/mol. The lowest BCUT2D eigenvalue weighted by atomic mass is 10.0. The molecule has 0 saturated carbocycles. The Morgan fingerprint density at radius 2 is 2.00 bits per heavy atom. The molecule has 0 spiro atoms. The second-order valence-electron chi connectivity index (χ2n) is 4.91. The van der Waals surface area contributed by atoms with Crippen molar-refractivity contribution in [2.24, 2.45) is 5.92 Å². The van der Waals surface area contributed by atoms with Gasteiger partial charge >= 0.3 is 5.97 Å². The number of Topliss-reactive ketones (excluding diaryl/α,β-unsaturated/α-hetero) is 1. The molecule has 1 aromatic rings. The minimum atomic E-state index is -0.616. The van der Waals surface area contributed by atoms with Crippen LogP contribution in [0.3, 0.4) is 0 Å². The minimum Gasteiger partial charge on any atom is -0.497 e. The fraction of sp³-hybridized carbons (Fsp3) is 0.500. The molecule has 1 N–H and O–H groups in total. The SMILES string of the molecule is COC(=O)C(C)C(C)=O.COc1ccc2c(c1)NCCC2. The van der Waals surface area contributed by atoms with Gasteiger partial charge in [0.15, 0.2) is 0 Å². The molecule has 1 aromatic carbocycles. The summed E-state index contributed by atoms with van der Waals surface area (Å²) >= 11 is 0. The van der Waals surface area contributed by atoms with Gasteiger partial charge in [-0.05, 0) is 38.3 Å². The molecule has 0 fully saturated rings. The van der Waals surface area contributed by atoms with Gasteiger partial charge in [-0.3, -0.25) is 9.59 Å². The molecule has 1 atom stereocenters. The first-order valence-electron chi connectivity index (χ1n) is 6.98. The van der Waals surface area contributed by atoms with Crippen LogP contribution in [0.4, 0.5) is 5.69 Å². The van der Waals surface area contributed by atoms with Crippen molar-refractivity contribution in [2.75, 3.05) is 26.1 Å². The molecule has 1 unspecified atom stereocenters. The van der Waals surface area contributed by atoms with Crippen LogP contribution in [0.25, 0.3) is 0 Å². The summed E-state index contributed by atoms with van der Waals surface area (Å²) in [5.74, 6) is -0.317. The normalized spacial score (nSPS) is 13.7. The van der Waals surface area contributed by atoms with Crippen LogP contribution < -0.4 is 10.1 Å².